The Morgan fingerprint density at radius 2 is 1.72 bits per heavy atom. The molecular formula is C29H28N2O5. The monoisotopic (exact) mass is 484 g/mol. The molecule has 0 radical (unpaired) electrons. The molecule has 1 unspecified atom stereocenters. The number of fused-ring (bicyclic) bond motifs is 5. The van der Waals surface area contributed by atoms with Gasteiger partial charge in [-0.1, -0.05) is 50.2 Å². The topological polar surface area (TPSA) is 77.1 Å². The normalized spacial score (nSPS) is 19.0. The van der Waals surface area contributed by atoms with Crippen molar-refractivity contribution in [3.05, 3.63) is 82.9 Å². The van der Waals surface area contributed by atoms with Gasteiger partial charge >= 0.3 is 0 Å². The van der Waals surface area contributed by atoms with Crippen molar-refractivity contribution in [2.24, 2.45) is 5.92 Å². The molecule has 1 atom stereocenters. The molecule has 6 rings (SSSR count). The van der Waals surface area contributed by atoms with E-state index in [2.05, 4.69) is 19.2 Å². The lowest BCUT2D eigenvalue weighted by molar-refractivity contribution is -0.122. The van der Waals surface area contributed by atoms with Crippen LogP contribution in [0.25, 0.3) is 0 Å². The minimum atomic E-state index is -0.971. The van der Waals surface area contributed by atoms with E-state index in [9.17, 15) is 9.59 Å². The van der Waals surface area contributed by atoms with Crippen molar-refractivity contribution in [2.45, 2.75) is 32.2 Å². The molecule has 0 saturated heterocycles. The number of hydrogen-bond acceptors (Lipinski definition) is 5. The first-order valence-corrected chi connectivity index (χ1v) is 12.3. The molecule has 7 nitrogen and oxygen atoms in total. The summed E-state index contributed by atoms with van der Waals surface area (Å²) in [5, 5.41) is 3.02. The first kappa shape index (κ1) is 22.5. The average Bonchev–Trinajstić information content (AvgIpc) is 3.55. The Hall–Kier alpha value is -4.00. The quantitative estimate of drug-likeness (QED) is 0.561. The van der Waals surface area contributed by atoms with Crippen LogP contribution in [0.4, 0.5) is 5.69 Å². The summed E-state index contributed by atoms with van der Waals surface area (Å²) in [6, 6.07) is 19.0. The number of carbonyl (C=O) groups is 2. The van der Waals surface area contributed by atoms with Crippen molar-refractivity contribution < 1.29 is 23.8 Å². The minimum absolute atomic E-state index is 0.0728. The molecule has 3 aliphatic rings. The van der Waals surface area contributed by atoms with Crippen molar-refractivity contribution in [1.82, 2.24) is 5.32 Å². The van der Waals surface area contributed by atoms with Crippen LogP contribution in [0.15, 0.2) is 60.7 Å². The van der Waals surface area contributed by atoms with E-state index in [-0.39, 0.29) is 31.8 Å². The maximum atomic E-state index is 14.3. The Morgan fingerprint density at radius 3 is 2.56 bits per heavy atom. The van der Waals surface area contributed by atoms with Gasteiger partial charge in [0.2, 0.25) is 12.7 Å². The van der Waals surface area contributed by atoms with E-state index in [4.69, 9.17) is 14.2 Å². The van der Waals surface area contributed by atoms with Gasteiger partial charge in [0.05, 0.1) is 6.54 Å². The summed E-state index contributed by atoms with van der Waals surface area (Å²) in [6.45, 7) is 5.51. The van der Waals surface area contributed by atoms with Crippen molar-refractivity contribution >= 4 is 17.5 Å². The number of hydrogen-bond donors (Lipinski definition) is 1. The number of ether oxygens (including phenoxy) is 3. The summed E-state index contributed by atoms with van der Waals surface area (Å²) in [5.74, 6) is 2.18. The molecule has 2 amide bonds. The van der Waals surface area contributed by atoms with Crippen molar-refractivity contribution in [1.29, 1.82) is 0 Å². The molecule has 3 aromatic rings. The van der Waals surface area contributed by atoms with Gasteiger partial charge in [0.25, 0.3) is 5.91 Å². The minimum Gasteiger partial charge on any atom is -0.491 e. The van der Waals surface area contributed by atoms with Crippen LogP contribution in [-0.4, -0.2) is 31.8 Å². The van der Waals surface area contributed by atoms with Gasteiger partial charge in [0.1, 0.15) is 17.8 Å². The first-order chi connectivity index (χ1) is 17.5. The van der Waals surface area contributed by atoms with E-state index >= 15 is 0 Å². The van der Waals surface area contributed by atoms with Crippen LogP contribution in [0, 0.1) is 5.92 Å². The zero-order valence-electron chi connectivity index (χ0n) is 20.4. The van der Waals surface area contributed by atoms with Crippen molar-refractivity contribution in [3.8, 4) is 17.2 Å². The Morgan fingerprint density at radius 1 is 0.972 bits per heavy atom. The molecule has 3 aromatic carbocycles. The number of anilines is 1. The van der Waals surface area contributed by atoms with Crippen LogP contribution >= 0.6 is 0 Å². The van der Waals surface area contributed by atoms with Crippen molar-refractivity contribution in [2.75, 3.05) is 24.8 Å². The highest BCUT2D eigenvalue weighted by molar-refractivity contribution is 6.11. The van der Waals surface area contributed by atoms with Gasteiger partial charge in [-0.15, -0.1) is 0 Å². The molecule has 0 bridgehead atoms. The molecule has 0 aromatic heterocycles. The fourth-order valence-corrected chi connectivity index (χ4v) is 5.34. The smallest absolute Gasteiger partial charge is 0.251 e. The van der Waals surface area contributed by atoms with Gasteiger partial charge in [-0.05, 0) is 41.7 Å². The predicted octanol–water partition coefficient (Wildman–Crippen LogP) is 4.42. The first-order valence-electron chi connectivity index (χ1n) is 12.3. The molecular weight excluding hydrogens is 456 g/mol. The number of carbonyl (C=O) groups excluding carboxylic acids is 2. The van der Waals surface area contributed by atoms with E-state index in [0.717, 1.165) is 28.8 Å². The third-order valence-electron chi connectivity index (χ3n) is 7.24. The van der Waals surface area contributed by atoms with E-state index < -0.39 is 5.41 Å². The van der Waals surface area contributed by atoms with E-state index in [1.54, 1.807) is 4.90 Å². The molecule has 184 valence electrons. The summed E-state index contributed by atoms with van der Waals surface area (Å²) in [5.41, 5.74) is 2.91. The number of nitrogens with one attached hydrogen (secondary N) is 1. The largest absolute Gasteiger partial charge is 0.491 e. The van der Waals surface area contributed by atoms with Gasteiger partial charge < -0.3 is 24.4 Å². The Kier molecular flexibility index (Phi) is 5.36. The van der Waals surface area contributed by atoms with Crippen LogP contribution in [0.5, 0.6) is 17.2 Å². The van der Waals surface area contributed by atoms with E-state index in [1.165, 1.54) is 0 Å². The SMILES string of the molecule is CC(C)CCNC(=O)c1ccccc1CN1C(=O)C2(COc3cc4c(cc32)OCO4)c2ccccc21. The highest BCUT2D eigenvalue weighted by Crippen LogP contribution is 2.55. The highest BCUT2D eigenvalue weighted by Gasteiger charge is 2.57. The molecule has 0 aliphatic carbocycles. The molecule has 1 N–H and O–H groups in total. The zero-order valence-corrected chi connectivity index (χ0v) is 20.4. The van der Waals surface area contributed by atoms with Crippen LogP contribution < -0.4 is 24.4 Å². The number of nitrogens with zero attached hydrogens (tertiary/aromatic N) is 1. The Labute approximate surface area is 210 Å². The third kappa shape index (κ3) is 3.41. The fraction of sp³-hybridized carbons (Fsp3) is 0.310. The van der Waals surface area contributed by atoms with Gasteiger partial charge in [-0.25, -0.2) is 0 Å². The van der Waals surface area contributed by atoms with Crippen LogP contribution in [0.1, 0.15) is 47.3 Å². The molecule has 7 heteroatoms. The number of rotatable bonds is 6. The van der Waals surface area contributed by atoms with Gasteiger partial charge in [-0.3, -0.25) is 9.59 Å². The fourth-order valence-electron chi connectivity index (χ4n) is 5.34. The Bertz CT molecular complexity index is 1370. The maximum Gasteiger partial charge on any atom is 0.251 e. The molecule has 0 saturated carbocycles. The summed E-state index contributed by atoms with van der Waals surface area (Å²) in [7, 11) is 0. The molecule has 0 fully saturated rings. The molecule has 1 spiro atoms. The van der Waals surface area contributed by atoms with Crippen LogP contribution in [-0.2, 0) is 16.8 Å². The standard InChI is InChI=1S/C29H28N2O5/c1-18(2)11-12-30-27(32)20-8-4-3-7-19(20)15-31-23-10-6-5-9-21(23)29(28(31)33)16-34-24-14-26-25(13-22(24)29)35-17-36-26/h3-10,13-14,18H,11-12,15-17H2,1-2H3,(H,30,32). The third-order valence-corrected chi connectivity index (χ3v) is 7.24. The van der Waals surface area contributed by atoms with Gasteiger partial charge in [0, 0.05) is 29.4 Å². The summed E-state index contributed by atoms with van der Waals surface area (Å²) >= 11 is 0. The summed E-state index contributed by atoms with van der Waals surface area (Å²) < 4.78 is 17.2. The second-order valence-electron chi connectivity index (χ2n) is 9.90. The van der Waals surface area contributed by atoms with Gasteiger partial charge in [-0.2, -0.15) is 0 Å². The van der Waals surface area contributed by atoms with Crippen molar-refractivity contribution in [3.63, 3.8) is 0 Å². The second kappa shape index (κ2) is 8.59. The van der Waals surface area contributed by atoms with E-state index in [1.807, 2.05) is 60.7 Å². The summed E-state index contributed by atoms with van der Waals surface area (Å²) in [6.07, 6.45) is 0.909. The number of amides is 2. The maximum absolute atomic E-state index is 14.3. The number of benzene rings is 3. The second-order valence-corrected chi connectivity index (χ2v) is 9.90. The lowest BCUT2D eigenvalue weighted by Gasteiger charge is -2.24. The molecule has 3 heterocycles. The van der Waals surface area contributed by atoms with E-state index in [0.29, 0.717) is 35.3 Å². The zero-order chi connectivity index (χ0) is 24.9. The van der Waals surface area contributed by atoms with Crippen LogP contribution in [0.2, 0.25) is 0 Å². The molecule has 36 heavy (non-hydrogen) atoms. The lowest BCUT2D eigenvalue weighted by Crippen LogP contribution is -2.42. The Balaban J connectivity index is 1.36. The number of para-hydroxylation sites is 1. The lowest BCUT2D eigenvalue weighted by atomic mass is 9.77. The predicted molar refractivity (Wildman–Crippen MR) is 135 cm³/mol. The average molecular weight is 485 g/mol. The van der Waals surface area contributed by atoms with Crippen LogP contribution in [0.3, 0.4) is 0 Å². The van der Waals surface area contributed by atoms with Gasteiger partial charge in [0.15, 0.2) is 11.5 Å². The highest BCUT2D eigenvalue weighted by atomic mass is 16.7. The summed E-state index contributed by atoms with van der Waals surface area (Å²) in [4.78, 5) is 29.0. The molecule has 3 aliphatic heterocycles.